The number of piperidine rings is 2. The predicted octanol–water partition coefficient (Wildman–Crippen LogP) is 3.92. The minimum absolute atomic E-state index is 0.00729. The van der Waals surface area contributed by atoms with Gasteiger partial charge in [0.25, 0.3) is 0 Å². The number of carbonyl (C=O) groups excluding carboxylic acids is 2. The first-order chi connectivity index (χ1) is 16.0. The molecule has 4 rings (SSSR count). The van der Waals surface area contributed by atoms with Crippen LogP contribution in [0.15, 0.2) is 60.7 Å². The van der Waals surface area contributed by atoms with Gasteiger partial charge in [0.05, 0.1) is 0 Å². The van der Waals surface area contributed by atoms with Crippen molar-refractivity contribution in [2.45, 2.75) is 39.5 Å². The Morgan fingerprint density at radius 2 is 1.48 bits per heavy atom. The number of rotatable bonds is 7. The zero-order valence-electron chi connectivity index (χ0n) is 19.7. The normalized spacial score (nSPS) is 21.5. The third kappa shape index (κ3) is 6.35. The number of nitrogens with one attached hydrogen (secondary N) is 1. The summed E-state index contributed by atoms with van der Waals surface area (Å²) < 4.78 is 5.36. The lowest BCUT2D eigenvalue weighted by molar-refractivity contribution is -0.139. The summed E-state index contributed by atoms with van der Waals surface area (Å²) in [6.07, 6.45) is 0.630. The maximum Gasteiger partial charge on any atom is 0.408 e. The van der Waals surface area contributed by atoms with Gasteiger partial charge < -0.3 is 15.0 Å². The van der Waals surface area contributed by atoms with Gasteiger partial charge in [-0.1, -0.05) is 74.5 Å². The average molecular weight is 450 g/mol. The third-order valence-corrected chi connectivity index (χ3v) is 6.64. The van der Waals surface area contributed by atoms with E-state index >= 15 is 0 Å². The van der Waals surface area contributed by atoms with E-state index in [1.54, 1.807) is 0 Å². The van der Waals surface area contributed by atoms with Gasteiger partial charge in [-0.2, -0.15) is 0 Å². The molecule has 2 aromatic rings. The van der Waals surface area contributed by atoms with Crippen molar-refractivity contribution in [3.05, 3.63) is 71.8 Å². The van der Waals surface area contributed by atoms with Crippen LogP contribution in [0, 0.1) is 17.8 Å². The van der Waals surface area contributed by atoms with Crippen molar-refractivity contribution in [1.82, 2.24) is 15.1 Å². The minimum atomic E-state index is -0.576. The maximum atomic E-state index is 13.4. The number of alkyl carbamates (subject to hydrolysis) is 1. The van der Waals surface area contributed by atoms with Crippen molar-refractivity contribution in [3.8, 4) is 0 Å². The summed E-state index contributed by atoms with van der Waals surface area (Å²) in [5.74, 6) is 0.942. The Morgan fingerprint density at radius 3 is 2.06 bits per heavy atom. The fourth-order valence-electron chi connectivity index (χ4n) is 5.14. The molecular formula is C27H35N3O3. The molecule has 2 aromatic carbocycles. The van der Waals surface area contributed by atoms with Crippen LogP contribution in [0.2, 0.25) is 0 Å². The molecule has 0 saturated carbocycles. The van der Waals surface area contributed by atoms with Gasteiger partial charge in [0, 0.05) is 32.7 Å². The van der Waals surface area contributed by atoms with Gasteiger partial charge >= 0.3 is 6.09 Å². The smallest absolute Gasteiger partial charge is 0.408 e. The molecule has 33 heavy (non-hydrogen) atoms. The first-order valence-corrected chi connectivity index (χ1v) is 12.0. The number of amides is 2. The summed E-state index contributed by atoms with van der Waals surface area (Å²) in [6, 6.07) is 19.6. The molecule has 2 heterocycles. The summed E-state index contributed by atoms with van der Waals surface area (Å²) in [6.45, 7) is 8.61. The van der Waals surface area contributed by atoms with Crippen molar-refractivity contribution in [2.75, 3.05) is 26.2 Å². The second kappa shape index (κ2) is 10.8. The van der Waals surface area contributed by atoms with Gasteiger partial charge in [-0.05, 0) is 35.3 Å². The standard InChI is InChI=1S/C27H35N3O3/c1-20(2)25(28-27(32)33-19-22-11-7-4-8-12-22)26(31)30-17-23-13-24(18-30)16-29(15-23)14-21-9-5-3-6-10-21/h3-12,20,23-25H,13-19H2,1-2H3,(H,28,32)/t23?,24?,25-/m0/s1. The summed E-state index contributed by atoms with van der Waals surface area (Å²) in [5, 5.41) is 2.83. The zero-order chi connectivity index (χ0) is 23.2. The van der Waals surface area contributed by atoms with Crippen LogP contribution in [0.4, 0.5) is 4.79 Å². The van der Waals surface area contributed by atoms with E-state index in [1.165, 1.54) is 12.0 Å². The van der Waals surface area contributed by atoms with Crippen LogP contribution in [-0.4, -0.2) is 54.0 Å². The molecule has 0 aliphatic carbocycles. The van der Waals surface area contributed by atoms with Crippen LogP contribution in [0.1, 0.15) is 31.4 Å². The second-order valence-corrected chi connectivity index (χ2v) is 9.82. The van der Waals surface area contributed by atoms with E-state index in [2.05, 4.69) is 40.5 Å². The molecule has 2 unspecified atom stereocenters. The van der Waals surface area contributed by atoms with E-state index in [1.807, 2.05) is 49.1 Å². The molecular weight excluding hydrogens is 414 g/mol. The molecule has 176 valence electrons. The van der Waals surface area contributed by atoms with Crippen LogP contribution in [0.25, 0.3) is 0 Å². The van der Waals surface area contributed by atoms with Crippen LogP contribution < -0.4 is 5.32 Å². The number of hydrogen-bond acceptors (Lipinski definition) is 4. The van der Waals surface area contributed by atoms with Gasteiger partial charge in [-0.25, -0.2) is 4.79 Å². The number of fused-ring (bicyclic) bond motifs is 2. The van der Waals surface area contributed by atoms with Crippen molar-refractivity contribution in [1.29, 1.82) is 0 Å². The highest BCUT2D eigenvalue weighted by atomic mass is 16.5. The first-order valence-electron chi connectivity index (χ1n) is 12.0. The molecule has 0 spiro atoms. The molecule has 6 nitrogen and oxygen atoms in total. The lowest BCUT2D eigenvalue weighted by atomic mass is 9.84. The number of nitrogens with zero attached hydrogens (tertiary/aromatic N) is 2. The highest BCUT2D eigenvalue weighted by Gasteiger charge is 2.38. The van der Waals surface area contributed by atoms with E-state index in [0.29, 0.717) is 11.8 Å². The Labute approximate surface area is 196 Å². The summed E-state index contributed by atoms with van der Waals surface area (Å²) in [7, 11) is 0. The number of carbonyl (C=O) groups is 2. The zero-order valence-corrected chi connectivity index (χ0v) is 19.7. The SMILES string of the molecule is CC(C)[C@H](NC(=O)OCc1ccccc1)C(=O)N1CC2CC(CN(Cc3ccccc3)C2)C1. The molecule has 3 atom stereocenters. The number of hydrogen-bond donors (Lipinski definition) is 1. The topological polar surface area (TPSA) is 61.9 Å². The molecule has 2 saturated heterocycles. The van der Waals surface area contributed by atoms with Gasteiger partial charge in [0.15, 0.2) is 0 Å². The largest absolute Gasteiger partial charge is 0.445 e. The highest BCUT2D eigenvalue weighted by molar-refractivity contribution is 5.86. The average Bonchev–Trinajstić information content (AvgIpc) is 2.81. The van der Waals surface area contributed by atoms with E-state index in [0.717, 1.165) is 38.3 Å². The summed E-state index contributed by atoms with van der Waals surface area (Å²) in [5.41, 5.74) is 2.26. The van der Waals surface area contributed by atoms with Gasteiger partial charge in [0.1, 0.15) is 12.6 Å². The molecule has 2 aliphatic heterocycles. The Morgan fingerprint density at radius 1 is 0.909 bits per heavy atom. The lowest BCUT2D eigenvalue weighted by Crippen LogP contribution is -2.58. The van der Waals surface area contributed by atoms with Crippen molar-refractivity contribution in [3.63, 3.8) is 0 Å². The Kier molecular flexibility index (Phi) is 7.65. The molecule has 2 amide bonds. The molecule has 2 bridgehead atoms. The van der Waals surface area contributed by atoms with Gasteiger partial charge in [-0.3, -0.25) is 9.69 Å². The van der Waals surface area contributed by atoms with Crippen LogP contribution in [0.5, 0.6) is 0 Å². The van der Waals surface area contributed by atoms with Crippen molar-refractivity contribution < 1.29 is 14.3 Å². The number of benzene rings is 2. The van der Waals surface area contributed by atoms with Crippen molar-refractivity contribution >= 4 is 12.0 Å². The van der Waals surface area contributed by atoms with E-state index in [4.69, 9.17) is 4.74 Å². The highest BCUT2D eigenvalue weighted by Crippen LogP contribution is 2.30. The van der Waals surface area contributed by atoms with E-state index in [-0.39, 0.29) is 18.4 Å². The quantitative estimate of drug-likeness (QED) is 0.696. The fourth-order valence-corrected chi connectivity index (χ4v) is 5.14. The maximum absolute atomic E-state index is 13.4. The van der Waals surface area contributed by atoms with Crippen LogP contribution in [-0.2, 0) is 22.7 Å². The number of likely N-dealkylation sites (tertiary alicyclic amines) is 2. The monoisotopic (exact) mass is 449 g/mol. The van der Waals surface area contributed by atoms with Crippen molar-refractivity contribution in [2.24, 2.45) is 17.8 Å². The Bertz CT molecular complexity index is 905. The van der Waals surface area contributed by atoms with Gasteiger partial charge in [-0.15, -0.1) is 0 Å². The van der Waals surface area contributed by atoms with Crippen LogP contribution >= 0.6 is 0 Å². The predicted molar refractivity (Wildman–Crippen MR) is 128 cm³/mol. The molecule has 0 aromatic heterocycles. The van der Waals surface area contributed by atoms with Gasteiger partial charge in [0.2, 0.25) is 5.91 Å². The molecule has 2 fully saturated rings. The summed E-state index contributed by atoms with van der Waals surface area (Å²) in [4.78, 5) is 30.3. The van der Waals surface area contributed by atoms with E-state index in [9.17, 15) is 9.59 Å². The van der Waals surface area contributed by atoms with Crippen LogP contribution in [0.3, 0.4) is 0 Å². The van der Waals surface area contributed by atoms with E-state index < -0.39 is 12.1 Å². The molecule has 2 aliphatic rings. The third-order valence-electron chi connectivity index (χ3n) is 6.64. The summed E-state index contributed by atoms with van der Waals surface area (Å²) >= 11 is 0. The fraction of sp³-hybridized carbons (Fsp3) is 0.481. The molecule has 0 radical (unpaired) electrons. The second-order valence-electron chi connectivity index (χ2n) is 9.82. The first kappa shape index (κ1) is 23.3. The number of ether oxygens (including phenoxy) is 1. The minimum Gasteiger partial charge on any atom is -0.445 e. The Balaban J connectivity index is 1.31. The molecule has 6 heteroatoms. The lowest BCUT2D eigenvalue weighted by Gasteiger charge is -2.46. The molecule has 1 N–H and O–H groups in total. The Hall–Kier alpha value is -2.86.